The van der Waals surface area contributed by atoms with Crippen LogP contribution in [0.5, 0.6) is 0 Å². The zero-order chi connectivity index (χ0) is 32.6. The van der Waals surface area contributed by atoms with E-state index in [1.165, 1.54) is 27.4 Å². The van der Waals surface area contributed by atoms with Crippen molar-refractivity contribution < 1.29 is 0 Å². The largest absolute Gasteiger partial charge is 0.309 e. The Balaban J connectivity index is 1.26. The van der Waals surface area contributed by atoms with Crippen LogP contribution in [0.15, 0.2) is 182 Å². The van der Waals surface area contributed by atoms with Crippen LogP contribution in [0.25, 0.3) is 83.9 Å². The summed E-state index contributed by atoms with van der Waals surface area (Å²) in [6.45, 7) is 0. The van der Waals surface area contributed by atoms with Gasteiger partial charge in [0, 0.05) is 33.2 Å². The average Bonchev–Trinajstić information content (AvgIpc) is 3.53. The van der Waals surface area contributed by atoms with Crippen molar-refractivity contribution in [3.05, 3.63) is 182 Å². The van der Waals surface area contributed by atoms with Crippen molar-refractivity contribution in [1.29, 1.82) is 0 Å². The lowest BCUT2D eigenvalue weighted by molar-refractivity contribution is 1.07. The molecule has 49 heavy (non-hydrogen) atoms. The Morgan fingerprint density at radius 1 is 0.327 bits per heavy atom. The van der Waals surface area contributed by atoms with Gasteiger partial charge in [-0.05, 0) is 58.7 Å². The van der Waals surface area contributed by atoms with Crippen molar-refractivity contribution >= 4 is 21.8 Å². The Morgan fingerprint density at radius 3 is 1.47 bits per heavy atom. The average molecular weight is 627 g/mol. The summed E-state index contributed by atoms with van der Waals surface area (Å²) in [6.07, 6.45) is 0. The minimum absolute atomic E-state index is 0.639. The van der Waals surface area contributed by atoms with Crippen molar-refractivity contribution in [1.82, 2.24) is 19.5 Å². The van der Waals surface area contributed by atoms with Crippen LogP contribution in [0.4, 0.5) is 0 Å². The van der Waals surface area contributed by atoms with Crippen LogP contribution in [0.3, 0.4) is 0 Å². The number of hydrogen-bond acceptors (Lipinski definition) is 3. The second-order valence-corrected chi connectivity index (χ2v) is 12.1. The van der Waals surface area contributed by atoms with Gasteiger partial charge in [0.1, 0.15) is 0 Å². The van der Waals surface area contributed by atoms with Gasteiger partial charge >= 0.3 is 0 Å². The lowest BCUT2D eigenvalue weighted by Gasteiger charge is -2.11. The van der Waals surface area contributed by atoms with Crippen molar-refractivity contribution in [3.63, 3.8) is 0 Å². The minimum atomic E-state index is 0.639. The molecule has 0 radical (unpaired) electrons. The maximum absolute atomic E-state index is 5.01. The summed E-state index contributed by atoms with van der Waals surface area (Å²) in [5, 5.41) is 2.42. The number of nitrogens with zero attached hydrogens (tertiary/aromatic N) is 4. The number of hydrogen-bond donors (Lipinski definition) is 0. The molecule has 9 aromatic rings. The van der Waals surface area contributed by atoms with E-state index in [0.717, 1.165) is 39.0 Å². The molecule has 0 N–H and O–H groups in total. The highest BCUT2D eigenvalue weighted by molar-refractivity contribution is 6.16. The molecule has 0 aliphatic heterocycles. The first kappa shape index (κ1) is 28.6. The molecule has 0 atom stereocenters. The molecule has 7 aromatic carbocycles. The molecule has 0 amide bonds. The van der Waals surface area contributed by atoms with Crippen LogP contribution in [0.2, 0.25) is 0 Å². The van der Waals surface area contributed by atoms with Crippen molar-refractivity contribution in [2.24, 2.45) is 0 Å². The first-order valence-corrected chi connectivity index (χ1v) is 16.5. The predicted molar refractivity (Wildman–Crippen MR) is 201 cm³/mol. The van der Waals surface area contributed by atoms with E-state index in [9.17, 15) is 0 Å². The number of rotatable bonds is 6. The van der Waals surface area contributed by atoms with Gasteiger partial charge in [0.25, 0.3) is 0 Å². The second kappa shape index (κ2) is 12.2. The molecule has 0 aliphatic rings. The van der Waals surface area contributed by atoms with E-state index in [4.69, 9.17) is 15.0 Å². The van der Waals surface area contributed by atoms with Crippen molar-refractivity contribution in [3.8, 4) is 62.1 Å². The van der Waals surface area contributed by atoms with Crippen LogP contribution in [0, 0.1) is 0 Å². The predicted octanol–water partition coefficient (Wildman–Crippen LogP) is 11.3. The number of para-hydroxylation sites is 1. The van der Waals surface area contributed by atoms with Gasteiger partial charge in [-0.3, -0.25) is 0 Å². The normalized spacial score (nSPS) is 11.3. The van der Waals surface area contributed by atoms with Gasteiger partial charge in [0.05, 0.1) is 11.0 Å². The van der Waals surface area contributed by atoms with Gasteiger partial charge in [-0.2, -0.15) is 0 Å². The van der Waals surface area contributed by atoms with E-state index < -0.39 is 0 Å². The van der Waals surface area contributed by atoms with Gasteiger partial charge in [-0.25, -0.2) is 15.0 Å². The highest BCUT2D eigenvalue weighted by Crippen LogP contribution is 2.41. The van der Waals surface area contributed by atoms with Crippen molar-refractivity contribution in [2.45, 2.75) is 0 Å². The number of aromatic nitrogens is 4. The molecule has 0 aliphatic carbocycles. The molecule has 4 nitrogen and oxygen atoms in total. The van der Waals surface area contributed by atoms with E-state index in [-0.39, 0.29) is 0 Å². The molecule has 0 unspecified atom stereocenters. The summed E-state index contributed by atoms with van der Waals surface area (Å²) >= 11 is 0. The molecule has 0 saturated heterocycles. The van der Waals surface area contributed by atoms with Gasteiger partial charge in [-0.15, -0.1) is 0 Å². The van der Waals surface area contributed by atoms with E-state index >= 15 is 0 Å². The number of benzene rings is 7. The number of fused-ring (bicyclic) bond motifs is 3. The van der Waals surface area contributed by atoms with Crippen molar-refractivity contribution in [2.75, 3.05) is 0 Å². The molecular weight excluding hydrogens is 597 g/mol. The highest BCUT2D eigenvalue weighted by atomic mass is 15.0. The van der Waals surface area contributed by atoms with E-state index in [1.807, 2.05) is 60.7 Å². The summed E-state index contributed by atoms with van der Waals surface area (Å²) in [5.41, 5.74) is 10.9. The maximum Gasteiger partial charge on any atom is 0.164 e. The summed E-state index contributed by atoms with van der Waals surface area (Å²) < 4.78 is 2.37. The Labute approximate surface area is 284 Å². The van der Waals surface area contributed by atoms with Crippen LogP contribution in [-0.4, -0.2) is 19.5 Å². The molecule has 9 rings (SSSR count). The zero-order valence-corrected chi connectivity index (χ0v) is 26.6. The molecule has 230 valence electrons. The third kappa shape index (κ3) is 5.26. The van der Waals surface area contributed by atoms with Gasteiger partial charge < -0.3 is 4.57 Å². The summed E-state index contributed by atoms with van der Waals surface area (Å²) in [7, 11) is 0. The lowest BCUT2D eigenvalue weighted by Crippen LogP contribution is -2.00. The molecule has 4 heteroatoms. The fourth-order valence-corrected chi connectivity index (χ4v) is 6.74. The molecule has 2 heterocycles. The standard InChI is InChI=1S/C45H30N4/c1-5-15-31(16-6-1)34-27-28-40-39(30-34)42-38(25-14-26-41(42)49(40)37-23-11-4-12-24-37)35-21-13-22-36(29-35)45-47-43(32-17-7-2-8-18-32)46-44(48-45)33-19-9-3-10-20-33/h1-30H. The summed E-state index contributed by atoms with van der Waals surface area (Å²) in [6, 6.07) is 63.4. The van der Waals surface area contributed by atoms with E-state index in [1.54, 1.807) is 0 Å². The first-order valence-electron chi connectivity index (χ1n) is 16.5. The third-order valence-electron chi connectivity index (χ3n) is 9.04. The van der Waals surface area contributed by atoms with Crippen LogP contribution < -0.4 is 0 Å². The molecule has 0 bridgehead atoms. The zero-order valence-electron chi connectivity index (χ0n) is 26.6. The third-order valence-corrected chi connectivity index (χ3v) is 9.04. The fraction of sp³-hybridized carbons (Fsp3) is 0. The van der Waals surface area contributed by atoms with Crippen LogP contribution >= 0.6 is 0 Å². The molecule has 0 saturated carbocycles. The van der Waals surface area contributed by atoms with E-state index in [0.29, 0.717) is 17.5 Å². The second-order valence-electron chi connectivity index (χ2n) is 12.1. The minimum Gasteiger partial charge on any atom is -0.309 e. The monoisotopic (exact) mass is 626 g/mol. The molecule has 0 fully saturated rings. The Hall–Kier alpha value is -6.65. The van der Waals surface area contributed by atoms with E-state index in [2.05, 4.69) is 126 Å². The molecule has 2 aromatic heterocycles. The summed E-state index contributed by atoms with van der Waals surface area (Å²) in [5.74, 6) is 1.94. The highest BCUT2D eigenvalue weighted by Gasteiger charge is 2.18. The SMILES string of the molecule is c1ccc(-c2ccc3c(c2)c2c(-c4cccc(-c5nc(-c6ccccc6)nc(-c6ccccc6)n5)c4)cccc2n3-c2ccccc2)cc1. The molecule has 0 spiro atoms. The fourth-order valence-electron chi connectivity index (χ4n) is 6.74. The Kier molecular flexibility index (Phi) is 7.10. The maximum atomic E-state index is 5.01. The Morgan fingerprint density at radius 2 is 0.837 bits per heavy atom. The first-order chi connectivity index (χ1) is 24.3. The smallest absolute Gasteiger partial charge is 0.164 e. The lowest BCUT2D eigenvalue weighted by atomic mass is 9.96. The van der Waals surface area contributed by atoms with Gasteiger partial charge in [0.15, 0.2) is 17.5 Å². The van der Waals surface area contributed by atoms with Gasteiger partial charge in [-0.1, -0.05) is 146 Å². The van der Waals surface area contributed by atoms with Crippen LogP contribution in [0.1, 0.15) is 0 Å². The topological polar surface area (TPSA) is 43.6 Å². The Bertz CT molecular complexity index is 2520. The summed E-state index contributed by atoms with van der Waals surface area (Å²) in [4.78, 5) is 14.9. The quantitative estimate of drug-likeness (QED) is 0.184. The molecular formula is C45H30N4. The van der Waals surface area contributed by atoms with Crippen LogP contribution in [-0.2, 0) is 0 Å². The van der Waals surface area contributed by atoms with Gasteiger partial charge in [0.2, 0.25) is 0 Å².